The molecule has 1 aromatic carbocycles. The maximum atomic E-state index is 12.0. The fourth-order valence-corrected chi connectivity index (χ4v) is 2.62. The van der Waals surface area contributed by atoms with Crippen LogP contribution in [-0.2, 0) is 10.0 Å². The Labute approximate surface area is 113 Å². The van der Waals surface area contributed by atoms with Crippen molar-refractivity contribution in [3.63, 3.8) is 0 Å². The normalized spacial score (nSPS) is 10.9. The van der Waals surface area contributed by atoms with Gasteiger partial charge in [0.05, 0.1) is 11.0 Å². The van der Waals surface area contributed by atoms with Crippen molar-refractivity contribution in [2.45, 2.75) is 31.1 Å². The monoisotopic (exact) mass is 280 g/mol. The molecule has 6 heteroatoms. The minimum Gasteiger partial charge on any atom is -0.295 e. The topological polar surface area (TPSA) is 87.0 Å². The molecule has 1 aromatic rings. The number of nitriles is 1. The Bertz CT molecular complexity index is 588. The zero-order valence-electron chi connectivity index (χ0n) is 10.7. The Morgan fingerprint density at radius 3 is 2.74 bits per heavy atom. The highest BCUT2D eigenvalue weighted by Crippen LogP contribution is 2.12. The molecule has 0 aromatic heterocycles. The van der Waals surface area contributed by atoms with Crippen LogP contribution in [0.25, 0.3) is 0 Å². The van der Waals surface area contributed by atoms with E-state index in [0.717, 1.165) is 0 Å². The van der Waals surface area contributed by atoms with Gasteiger partial charge in [0.25, 0.3) is 0 Å². The van der Waals surface area contributed by atoms with Gasteiger partial charge in [0.1, 0.15) is 0 Å². The van der Waals surface area contributed by atoms with Gasteiger partial charge in [-0.3, -0.25) is 4.79 Å². The second kappa shape index (κ2) is 7.02. The lowest BCUT2D eigenvalue weighted by Gasteiger charge is -2.07. The molecule has 0 heterocycles. The minimum absolute atomic E-state index is 0.0838. The molecule has 102 valence electrons. The molecule has 0 aliphatic rings. The Morgan fingerprint density at radius 1 is 1.37 bits per heavy atom. The van der Waals surface area contributed by atoms with Gasteiger partial charge in [0.2, 0.25) is 10.0 Å². The summed E-state index contributed by atoms with van der Waals surface area (Å²) in [7, 11) is -3.59. The number of sulfonamides is 1. The van der Waals surface area contributed by atoms with E-state index in [0.29, 0.717) is 24.8 Å². The molecule has 0 aliphatic carbocycles. The molecule has 0 amide bonds. The maximum absolute atomic E-state index is 12.0. The van der Waals surface area contributed by atoms with E-state index in [1.807, 2.05) is 6.07 Å². The van der Waals surface area contributed by atoms with Crippen molar-refractivity contribution in [1.82, 2.24) is 4.72 Å². The summed E-state index contributed by atoms with van der Waals surface area (Å²) >= 11 is 0. The predicted molar refractivity (Wildman–Crippen MR) is 71.1 cm³/mol. The number of carbonyl (C=O) groups is 1. The minimum atomic E-state index is -3.59. The van der Waals surface area contributed by atoms with Crippen molar-refractivity contribution in [1.29, 1.82) is 5.26 Å². The molecule has 0 fully saturated rings. The standard InChI is InChI=1S/C13H16N2O3S/c1-11(16)12-6-5-7-13(10-12)19(17,18)15-9-4-2-3-8-14/h5-7,10,15H,2-4,9H2,1H3. The number of ketones is 1. The second-order valence-corrected chi connectivity index (χ2v) is 5.86. The molecule has 0 radical (unpaired) electrons. The lowest BCUT2D eigenvalue weighted by molar-refractivity contribution is 0.101. The molecule has 0 bridgehead atoms. The first-order valence-corrected chi connectivity index (χ1v) is 7.43. The van der Waals surface area contributed by atoms with E-state index in [1.165, 1.54) is 19.1 Å². The smallest absolute Gasteiger partial charge is 0.240 e. The van der Waals surface area contributed by atoms with Crippen LogP contribution in [0.3, 0.4) is 0 Å². The lowest BCUT2D eigenvalue weighted by atomic mass is 10.2. The van der Waals surface area contributed by atoms with Crippen molar-refractivity contribution < 1.29 is 13.2 Å². The van der Waals surface area contributed by atoms with E-state index in [9.17, 15) is 13.2 Å². The number of Topliss-reactive ketones (excluding diaryl/α,β-unsaturated/α-hetero) is 1. The highest BCUT2D eigenvalue weighted by molar-refractivity contribution is 7.89. The number of nitrogens with one attached hydrogen (secondary N) is 1. The molecule has 0 aliphatic heterocycles. The third kappa shape index (κ3) is 4.81. The number of rotatable bonds is 7. The van der Waals surface area contributed by atoms with Crippen LogP contribution in [0.2, 0.25) is 0 Å². The summed E-state index contributed by atoms with van der Waals surface area (Å²) in [5.74, 6) is -0.175. The summed E-state index contributed by atoms with van der Waals surface area (Å²) < 4.78 is 26.4. The Kier molecular flexibility index (Phi) is 5.67. The molecule has 19 heavy (non-hydrogen) atoms. The van der Waals surface area contributed by atoms with E-state index in [2.05, 4.69) is 4.72 Å². The van der Waals surface area contributed by atoms with Gasteiger partial charge in [-0.2, -0.15) is 5.26 Å². The van der Waals surface area contributed by atoms with E-state index in [4.69, 9.17) is 5.26 Å². The first-order chi connectivity index (χ1) is 8.97. The van der Waals surface area contributed by atoms with Crippen molar-refractivity contribution in [3.8, 4) is 6.07 Å². The summed E-state index contributed by atoms with van der Waals surface area (Å²) in [6.45, 7) is 1.68. The number of unbranched alkanes of at least 4 members (excludes halogenated alkanes) is 2. The van der Waals surface area contributed by atoms with Gasteiger partial charge < -0.3 is 0 Å². The number of benzene rings is 1. The maximum Gasteiger partial charge on any atom is 0.240 e. The van der Waals surface area contributed by atoms with Gasteiger partial charge in [-0.05, 0) is 31.9 Å². The quantitative estimate of drug-likeness (QED) is 0.610. The van der Waals surface area contributed by atoms with Gasteiger partial charge >= 0.3 is 0 Å². The van der Waals surface area contributed by atoms with Crippen LogP contribution < -0.4 is 4.72 Å². The van der Waals surface area contributed by atoms with Crippen LogP contribution in [0.15, 0.2) is 29.2 Å². The van der Waals surface area contributed by atoms with Crippen molar-refractivity contribution >= 4 is 15.8 Å². The summed E-state index contributed by atoms with van der Waals surface area (Å²) in [5, 5.41) is 8.37. The lowest BCUT2D eigenvalue weighted by Crippen LogP contribution is -2.25. The fraction of sp³-hybridized carbons (Fsp3) is 0.385. The average Bonchev–Trinajstić information content (AvgIpc) is 2.38. The number of nitrogens with zero attached hydrogens (tertiary/aromatic N) is 1. The van der Waals surface area contributed by atoms with E-state index in [-0.39, 0.29) is 17.2 Å². The van der Waals surface area contributed by atoms with Gasteiger partial charge in [-0.15, -0.1) is 0 Å². The molecule has 0 atom stereocenters. The Balaban J connectivity index is 2.70. The second-order valence-electron chi connectivity index (χ2n) is 4.10. The fourth-order valence-electron chi connectivity index (χ4n) is 1.50. The first-order valence-electron chi connectivity index (χ1n) is 5.95. The highest BCUT2D eigenvalue weighted by atomic mass is 32.2. The zero-order valence-corrected chi connectivity index (χ0v) is 11.5. The zero-order chi connectivity index (χ0) is 14.3. The summed E-state index contributed by atoms with van der Waals surface area (Å²) in [4.78, 5) is 11.3. The summed E-state index contributed by atoms with van der Waals surface area (Å²) in [6.07, 6.45) is 1.69. The van der Waals surface area contributed by atoms with E-state index < -0.39 is 10.0 Å². The molecular formula is C13H16N2O3S. The van der Waals surface area contributed by atoms with Crippen molar-refractivity contribution in [2.75, 3.05) is 6.54 Å². The summed E-state index contributed by atoms with van der Waals surface area (Å²) in [6, 6.07) is 7.93. The largest absolute Gasteiger partial charge is 0.295 e. The van der Waals surface area contributed by atoms with Crippen LogP contribution >= 0.6 is 0 Å². The number of hydrogen-bond acceptors (Lipinski definition) is 4. The van der Waals surface area contributed by atoms with E-state index >= 15 is 0 Å². The molecule has 5 nitrogen and oxygen atoms in total. The average molecular weight is 280 g/mol. The SMILES string of the molecule is CC(=O)c1cccc(S(=O)(=O)NCCCCC#N)c1. The van der Waals surface area contributed by atoms with Gasteiger partial charge in [-0.25, -0.2) is 13.1 Å². The molecule has 0 saturated heterocycles. The van der Waals surface area contributed by atoms with Crippen LogP contribution in [0.4, 0.5) is 0 Å². The first kappa shape index (κ1) is 15.3. The Hall–Kier alpha value is -1.71. The number of carbonyl (C=O) groups excluding carboxylic acids is 1. The predicted octanol–water partition coefficient (Wildman–Crippen LogP) is 1.86. The molecule has 0 unspecified atom stereocenters. The third-order valence-electron chi connectivity index (χ3n) is 2.56. The van der Waals surface area contributed by atoms with Crippen LogP contribution in [0.5, 0.6) is 0 Å². The van der Waals surface area contributed by atoms with Gasteiger partial charge in [-0.1, -0.05) is 12.1 Å². The van der Waals surface area contributed by atoms with Crippen LogP contribution in [-0.4, -0.2) is 20.7 Å². The van der Waals surface area contributed by atoms with Crippen molar-refractivity contribution in [2.24, 2.45) is 0 Å². The van der Waals surface area contributed by atoms with E-state index in [1.54, 1.807) is 12.1 Å². The molecular weight excluding hydrogens is 264 g/mol. The van der Waals surface area contributed by atoms with Gasteiger partial charge in [0, 0.05) is 18.5 Å². The van der Waals surface area contributed by atoms with Crippen LogP contribution in [0.1, 0.15) is 36.5 Å². The Morgan fingerprint density at radius 2 is 2.11 bits per heavy atom. The molecule has 0 spiro atoms. The molecule has 0 saturated carbocycles. The molecule has 1 N–H and O–H groups in total. The number of hydrogen-bond donors (Lipinski definition) is 1. The van der Waals surface area contributed by atoms with Gasteiger partial charge in [0.15, 0.2) is 5.78 Å². The van der Waals surface area contributed by atoms with Crippen molar-refractivity contribution in [3.05, 3.63) is 29.8 Å². The molecule has 1 rings (SSSR count). The third-order valence-corrected chi connectivity index (χ3v) is 4.02. The highest BCUT2D eigenvalue weighted by Gasteiger charge is 2.14. The van der Waals surface area contributed by atoms with Crippen LogP contribution in [0, 0.1) is 11.3 Å². The summed E-state index contributed by atoms with van der Waals surface area (Å²) in [5.41, 5.74) is 0.368.